The first kappa shape index (κ1) is 18.3. The van der Waals surface area contributed by atoms with Gasteiger partial charge in [-0.05, 0) is 12.3 Å². The third-order valence-electron chi connectivity index (χ3n) is 4.60. The van der Waals surface area contributed by atoms with Crippen LogP contribution in [-0.2, 0) is 0 Å². The normalized spacial score (nSPS) is 35.2. The lowest BCUT2D eigenvalue weighted by atomic mass is 9.73. The maximum absolute atomic E-state index is 14.5. The van der Waals surface area contributed by atoms with Crippen molar-refractivity contribution in [2.24, 2.45) is 17.8 Å². The van der Waals surface area contributed by atoms with Gasteiger partial charge < -0.3 is 5.11 Å². The number of hydrogen-bond acceptors (Lipinski definition) is 1. The predicted octanol–water partition coefficient (Wildman–Crippen LogP) is 4.32. The highest BCUT2D eigenvalue weighted by Crippen LogP contribution is 2.63. The van der Waals surface area contributed by atoms with Crippen molar-refractivity contribution in [1.29, 1.82) is 0 Å². The number of rotatable bonds is 2. The molecule has 0 saturated heterocycles. The van der Waals surface area contributed by atoms with Crippen LogP contribution in [0.25, 0.3) is 0 Å². The SMILES string of the molecule is OC(CC1C2C=CC(C2)C1(F)C(F)(F)F)(C(F)(F)F)C(F)(F)F. The summed E-state index contributed by atoms with van der Waals surface area (Å²) in [6.45, 7) is 0. The molecule has 0 aromatic carbocycles. The Kier molecular flexibility index (Phi) is 3.80. The highest BCUT2D eigenvalue weighted by molar-refractivity contribution is 5.24. The van der Waals surface area contributed by atoms with Crippen LogP contribution in [0, 0.1) is 17.8 Å². The number of halogens is 10. The molecule has 1 nitrogen and oxygen atoms in total. The van der Waals surface area contributed by atoms with E-state index in [1.165, 1.54) is 0 Å². The molecule has 0 aliphatic heterocycles. The zero-order valence-electron chi connectivity index (χ0n) is 11.0. The zero-order chi connectivity index (χ0) is 18.1. The van der Waals surface area contributed by atoms with Crippen molar-refractivity contribution in [2.45, 2.75) is 42.6 Å². The molecule has 2 aliphatic carbocycles. The van der Waals surface area contributed by atoms with Gasteiger partial charge in [0.2, 0.25) is 5.67 Å². The molecule has 2 rings (SSSR count). The van der Waals surface area contributed by atoms with E-state index in [2.05, 4.69) is 0 Å². The van der Waals surface area contributed by atoms with E-state index < -0.39 is 60.4 Å². The molecular weight excluding hydrogens is 350 g/mol. The van der Waals surface area contributed by atoms with Gasteiger partial charge in [0.25, 0.3) is 5.60 Å². The summed E-state index contributed by atoms with van der Waals surface area (Å²) in [5, 5.41) is 9.06. The maximum Gasteiger partial charge on any atom is 0.426 e. The van der Waals surface area contributed by atoms with Crippen molar-refractivity contribution in [2.75, 3.05) is 0 Å². The van der Waals surface area contributed by atoms with Gasteiger partial charge in [0.15, 0.2) is 0 Å². The van der Waals surface area contributed by atoms with Crippen LogP contribution in [0.3, 0.4) is 0 Å². The third-order valence-corrected chi connectivity index (χ3v) is 4.60. The molecular formula is C12H10F10O. The summed E-state index contributed by atoms with van der Waals surface area (Å²) in [6.07, 6.45) is -19.5. The van der Waals surface area contributed by atoms with Crippen molar-refractivity contribution in [3.05, 3.63) is 12.2 Å². The predicted molar refractivity (Wildman–Crippen MR) is 55.8 cm³/mol. The van der Waals surface area contributed by atoms with E-state index in [-0.39, 0.29) is 0 Å². The minimum atomic E-state index is -6.29. The molecule has 11 heteroatoms. The van der Waals surface area contributed by atoms with Crippen LogP contribution in [0.5, 0.6) is 0 Å². The van der Waals surface area contributed by atoms with E-state index >= 15 is 0 Å². The summed E-state index contributed by atoms with van der Waals surface area (Å²) < 4.78 is 129. The monoisotopic (exact) mass is 360 g/mol. The molecule has 2 bridgehead atoms. The van der Waals surface area contributed by atoms with E-state index in [0.29, 0.717) is 0 Å². The summed E-state index contributed by atoms with van der Waals surface area (Å²) >= 11 is 0. The van der Waals surface area contributed by atoms with Gasteiger partial charge >= 0.3 is 18.5 Å². The van der Waals surface area contributed by atoms with Crippen LogP contribution in [-0.4, -0.2) is 34.9 Å². The average molecular weight is 360 g/mol. The van der Waals surface area contributed by atoms with Crippen LogP contribution in [0.1, 0.15) is 12.8 Å². The van der Waals surface area contributed by atoms with Gasteiger partial charge in [0, 0.05) is 18.3 Å². The number of allylic oxidation sites excluding steroid dienone is 2. The Bertz CT molecular complexity index is 487. The lowest BCUT2D eigenvalue weighted by Crippen LogP contribution is -2.61. The van der Waals surface area contributed by atoms with Crippen LogP contribution < -0.4 is 0 Å². The Morgan fingerprint density at radius 3 is 1.78 bits per heavy atom. The van der Waals surface area contributed by atoms with Gasteiger partial charge in [0.05, 0.1) is 0 Å². The molecule has 1 N–H and O–H groups in total. The zero-order valence-corrected chi connectivity index (χ0v) is 11.0. The molecule has 0 spiro atoms. The van der Waals surface area contributed by atoms with E-state index in [1.807, 2.05) is 0 Å². The molecule has 23 heavy (non-hydrogen) atoms. The van der Waals surface area contributed by atoms with Crippen molar-refractivity contribution in [1.82, 2.24) is 0 Å². The van der Waals surface area contributed by atoms with Crippen molar-refractivity contribution in [3.63, 3.8) is 0 Å². The van der Waals surface area contributed by atoms with Gasteiger partial charge in [-0.3, -0.25) is 0 Å². The van der Waals surface area contributed by atoms with Crippen molar-refractivity contribution >= 4 is 0 Å². The Labute approximate surface area is 123 Å². The quantitative estimate of drug-likeness (QED) is 0.574. The lowest BCUT2D eigenvalue weighted by molar-refractivity contribution is -0.378. The first-order chi connectivity index (χ1) is 10.1. The number of alkyl halides is 10. The molecule has 4 unspecified atom stereocenters. The van der Waals surface area contributed by atoms with Gasteiger partial charge in [-0.25, -0.2) is 4.39 Å². The minimum Gasteiger partial charge on any atom is -0.374 e. The Morgan fingerprint density at radius 2 is 1.39 bits per heavy atom. The van der Waals surface area contributed by atoms with E-state index in [0.717, 1.165) is 12.2 Å². The maximum atomic E-state index is 14.5. The van der Waals surface area contributed by atoms with Gasteiger partial charge in [-0.1, -0.05) is 12.2 Å². The first-order valence-electron chi connectivity index (χ1n) is 6.35. The molecule has 0 heterocycles. The van der Waals surface area contributed by atoms with Crippen LogP contribution in [0.2, 0.25) is 0 Å². The fraction of sp³-hybridized carbons (Fsp3) is 0.833. The van der Waals surface area contributed by atoms with E-state index in [1.54, 1.807) is 0 Å². The number of hydrogen-bond donors (Lipinski definition) is 1. The van der Waals surface area contributed by atoms with Gasteiger partial charge in [-0.2, -0.15) is 39.5 Å². The van der Waals surface area contributed by atoms with E-state index in [9.17, 15) is 43.9 Å². The molecule has 1 fully saturated rings. The van der Waals surface area contributed by atoms with Gasteiger partial charge in [0.1, 0.15) is 0 Å². The molecule has 4 atom stereocenters. The Morgan fingerprint density at radius 1 is 0.913 bits per heavy atom. The smallest absolute Gasteiger partial charge is 0.374 e. The van der Waals surface area contributed by atoms with Crippen LogP contribution >= 0.6 is 0 Å². The first-order valence-corrected chi connectivity index (χ1v) is 6.35. The molecule has 134 valence electrons. The number of fused-ring (bicyclic) bond motifs is 2. The largest absolute Gasteiger partial charge is 0.426 e. The average Bonchev–Trinajstić information content (AvgIpc) is 2.87. The molecule has 0 aromatic rings. The van der Waals surface area contributed by atoms with Gasteiger partial charge in [-0.15, -0.1) is 0 Å². The van der Waals surface area contributed by atoms with Crippen LogP contribution in [0.15, 0.2) is 12.2 Å². The molecule has 2 aliphatic rings. The summed E-state index contributed by atoms with van der Waals surface area (Å²) in [4.78, 5) is 0. The Hall–Kier alpha value is -1.00. The van der Waals surface area contributed by atoms with E-state index in [4.69, 9.17) is 5.11 Å². The van der Waals surface area contributed by atoms with Crippen LogP contribution in [0.4, 0.5) is 43.9 Å². The lowest BCUT2D eigenvalue weighted by Gasteiger charge is -2.41. The molecule has 0 radical (unpaired) electrons. The molecule has 1 saturated carbocycles. The summed E-state index contributed by atoms with van der Waals surface area (Å²) in [5.41, 5.74) is -9.65. The van der Waals surface area contributed by atoms with Crippen molar-refractivity contribution < 1.29 is 49.0 Å². The summed E-state index contributed by atoms with van der Waals surface area (Å²) in [7, 11) is 0. The number of aliphatic hydroxyl groups is 1. The fourth-order valence-corrected chi connectivity index (χ4v) is 3.35. The second kappa shape index (κ2) is 4.76. The second-order valence-electron chi connectivity index (χ2n) is 5.82. The molecule has 0 aromatic heterocycles. The van der Waals surface area contributed by atoms with Crippen molar-refractivity contribution in [3.8, 4) is 0 Å². The summed E-state index contributed by atoms with van der Waals surface area (Å²) in [5.74, 6) is -5.99. The molecule has 0 amide bonds. The Balaban J connectivity index is 2.46. The topological polar surface area (TPSA) is 20.2 Å². The highest BCUT2D eigenvalue weighted by atomic mass is 19.4. The third kappa shape index (κ3) is 2.42. The highest BCUT2D eigenvalue weighted by Gasteiger charge is 2.77. The second-order valence-corrected chi connectivity index (χ2v) is 5.82. The fourth-order valence-electron chi connectivity index (χ4n) is 3.35. The standard InChI is InChI=1S/C12H10F10O/c13-9(12(20,21)22)6-2-1-5(3-6)7(9)4-8(23,10(14,15)16)11(17,18)19/h1-2,5-7,23H,3-4H2. The minimum absolute atomic E-state index is 0.549. The summed E-state index contributed by atoms with van der Waals surface area (Å²) in [6, 6.07) is 0.